The van der Waals surface area contributed by atoms with Gasteiger partial charge in [-0.2, -0.15) is 0 Å². The maximum absolute atomic E-state index is 12.8. The quantitative estimate of drug-likeness (QED) is 0.289. The second kappa shape index (κ2) is 10.7. The van der Waals surface area contributed by atoms with Gasteiger partial charge in [-0.05, 0) is 42.0 Å². The molecule has 0 aliphatic heterocycles. The third kappa shape index (κ3) is 5.72. The van der Waals surface area contributed by atoms with Crippen LogP contribution in [0.1, 0.15) is 29.3 Å². The summed E-state index contributed by atoms with van der Waals surface area (Å²) in [5.74, 6) is 0.843. The highest BCUT2D eigenvalue weighted by molar-refractivity contribution is 7.99. The molecule has 0 radical (unpaired) electrons. The summed E-state index contributed by atoms with van der Waals surface area (Å²) < 4.78 is 2.01. The average Bonchev–Trinajstić information content (AvgIpc) is 3.26. The molecule has 4 rings (SSSR count). The van der Waals surface area contributed by atoms with E-state index in [4.69, 9.17) is 0 Å². The number of nitrogens with one attached hydrogen (secondary N) is 1. The lowest BCUT2D eigenvalue weighted by molar-refractivity contribution is -0.115. The predicted octanol–water partition coefficient (Wildman–Crippen LogP) is 4.71. The first-order chi connectivity index (χ1) is 16.1. The molecule has 0 saturated heterocycles. The predicted molar refractivity (Wildman–Crippen MR) is 129 cm³/mol. The average molecular weight is 458 g/mol. The van der Waals surface area contributed by atoms with E-state index in [1.807, 2.05) is 47.0 Å². The van der Waals surface area contributed by atoms with Crippen LogP contribution in [-0.4, -0.2) is 37.2 Å². The van der Waals surface area contributed by atoms with Crippen molar-refractivity contribution in [2.45, 2.75) is 25.0 Å². The fourth-order valence-corrected chi connectivity index (χ4v) is 4.05. The normalized spacial score (nSPS) is 10.7. The summed E-state index contributed by atoms with van der Waals surface area (Å²) in [4.78, 5) is 28.5. The van der Waals surface area contributed by atoms with Crippen molar-refractivity contribution >= 4 is 29.1 Å². The molecule has 0 unspecified atom stereocenters. The number of benzene rings is 2. The number of thioether (sulfide) groups is 1. The van der Waals surface area contributed by atoms with Gasteiger partial charge in [0.15, 0.2) is 16.8 Å². The van der Waals surface area contributed by atoms with Crippen molar-refractivity contribution in [3.8, 4) is 11.4 Å². The Labute approximate surface area is 196 Å². The molecule has 0 aliphatic carbocycles. The fourth-order valence-electron chi connectivity index (χ4n) is 3.21. The van der Waals surface area contributed by atoms with Gasteiger partial charge in [-0.15, -0.1) is 10.2 Å². The Kier molecular flexibility index (Phi) is 7.26. The first-order valence-corrected chi connectivity index (χ1v) is 11.6. The van der Waals surface area contributed by atoms with Crippen LogP contribution >= 0.6 is 11.8 Å². The maximum Gasteiger partial charge on any atom is 0.224 e. The van der Waals surface area contributed by atoms with Crippen molar-refractivity contribution < 1.29 is 9.59 Å². The van der Waals surface area contributed by atoms with Crippen molar-refractivity contribution in [3.63, 3.8) is 0 Å². The maximum atomic E-state index is 12.8. The van der Waals surface area contributed by atoms with Crippen LogP contribution in [0.15, 0.2) is 84.3 Å². The van der Waals surface area contributed by atoms with Crippen LogP contribution in [0.2, 0.25) is 0 Å². The zero-order valence-corrected chi connectivity index (χ0v) is 19.0. The molecule has 4 aromatic rings. The number of anilines is 1. The molecule has 0 saturated carbocycles. The molecule has 7 nitrogen and oxygen atoms in total. The standard InChI is InChI=1S/C25H23N5O2S/c1-2-23(32)27-21-12-10-19(11-13-21)22(31)17-33-25-29-28-24(20-9-6-14-26-15-20)30(25)16-18-7-4-3-5-8-18/h3-15H,2,16-17H2,1H3,(H,27,32). The van der Waals surface area contributed by atoms with Crippen LogP contribution in [0, 0.1) is 0 Å². The van der Waals surface area contributed by atoms with Crippen molar-refractivity contribution in [1.82, 2.24) is 19.7 Å². The highest BCUT2D eigenvalue weighted by Crippen LogP contribution is 2.25. The molecule has 8 heteroatoms. The molecule has 2 aromatic heterocycles. The lowest BCUT2D eigenvalue weighted by Crippen LogP contribution is -2.10. The zero-order chi connectivity index (χ0) is 23.0. The van der Waals surface area contributed by atoms with Gasteiger partial charge >= 0.3 is 0 Å². The number of hydrogen-bond donors (Lipinski definition) is 1. The van der Waals surface area contributed by atoms with E-state index in [2.05, 4.69) is 20.5 Å². The fraction of sp³-hybridized carbons (Fsp3) is 0.160. The molecule has 0 fully saturated rings. The van der Waals surface area contributed by atoms with E-state index < -0.39 is 0 Å². The Hall–Kier alpha value is -3.78. The van der Waals surface area contributed by atoms with Gasteiger partial charge in [0.25, 0.3) is 0 Å². The van der Waals surface area contributed by atoms with Crippen LogP contribution in [0.3, 0.4) is 0 Å². The third-order valence-corrected chi connectivity index (χ3v) is 5.93. The van der Waals surface area contributed by atoms with Gasteiger partial charge in [0.2, 0.25) is 5.91 Å². The Morgan fingerprint density at radius 1 is 0.970 bits per heavy atom. The van der Waals surface area contributed by atoms with Gasteiger partial charge in [-0.25, -0.2) is 0 Å². The zero-order valence-electron chi connectivity index (χ0n) is 18.1. The summed E-state index contributed by atoms with van der Waals surface area (Å²) >= 11 is 1.35. The minimum Gasteiger partial charge on any atom is -0.326 e. The highest BCUT2D eigenvalue weighted by atomic mass is 32.2. The number of Topliss-reactive ketones (excluding diaryl/α,β-unsaturated/α-hetero) is 1. The van der Waals surface area contributed by atoms with E-state index in [0.29, 0.717) is 35.2 Å². The van der Waals surface area contributed by atoms with Gasteiger partial charge in [0.05, 0.1) is 12.3 Å². The van der Waals surface area contributed by atoms with E-state index in [0.717, 1.165) is 11.1 Å². The number of ketones is 1. The molecule has 2 aromatic carbocycles. The Bertz CT molecular complexity index is 1220. The number of amides is 1. The minimum atomic E-state index is -0.0631. The topological polar surface area (TPSA) is 89.8 Å². The second-order valence-electron chi connectivity index (χ2n) is 7.31. The number of nitrogens with zero attached hydrogens (tertiary/aromatic N) is 4. The first-order valence-electron chi connectivity index (χ1n) is 10.6. The molecule has 0 spiro atoms. The SMILES string of the molecule is CCC(=O)Nc1ccc(C(=O)CSc2nnc(-c3cccnc3)n2Cc2ccccc2)cc1. The molecular formula is C25H23N5O2S. The van der Waals surface area contributed by atoms with Gasteiger partial charge in [-0.1, -0.05) is 49.0 Å². The number of carbonyl (C=O) groups excluding carboxylic acids is 2. The Morgan fingerprint density at radius 3 is 2.45 bits per heavy atom. The summed E-state index contributed by atoms with van der Waals surface area (Å²) in [6.07, 6.45) is 3.88. The molecular weight excluding hydrogens is 434 g/mol. The van der Waals surface area contributed by atoms with Crippen molar-refractivity contribution in [2.75, 3.05) is 11.1 Å². The number of hydrogen-bond acceptors (Lipinski definition) is 6. The van der Waals surface area contributed by atoms with Crippen LogP contribution in [0.5, 0.6) is 0 Å². The Morgan fingerprint density at radius 2 is 1.76 bits per heavy atom. The largest absolute Gasteiger partial charge is 0.326 e. The van der Waals surface area contributed by atoms with E-state index in [1.165, 1.54) is 11.8 Å². The molecule has 0 aliphatic rings. The smallest absolute Gasteiger partial charge is 0.224 e. The molecule has 1 N–H and O–H groups in total. The third-order valence-electron chi connectivity index (χ3n) is 4.96. The molecule has 2 heterocycles. The van der Waals surface area contributed by atoms with E-state index in [9.17, 15) is 9.59 Å². The molecule has 0 atom stereocenters. The first kappa shape index (κ1) is 22.4. The van der Waals surface area contributed by atoms with E-state index in [1.54, 1.807) is 43.6 Å². The molecule has 166 valence electrons. The van der Waals surface area contributed by atoms with Gasteiger partial charge in [0, 0.05) is 35.6 Å². The molecule has 1 amide bonds. The second-order valence-corrected chi connectivity index (χ2v) is 8.25. The van der Waals surface area contributed by atoms with Crippen molar-refractivity contribution in [3.05, 3.63) is 90.3 Å². The minimum absolute atomic E-state index is 0.0226. The molecule has 0 bridgehead atoms. The van der Waals surface area contributed by atoms with Crippen LogP contribution in [0.4, 0.5) is 5.69 Å². The summed E-state index contributed by atoms with van der Waals surface area (Å²) in [5, 5.41) is 12.2. The molecule has 33 heavy (non-hydrogen) atoms. The number of rotatable bonds is 9. The van der Waals surface area contributed by atoms with E-state index >= 15 is 0 Å². The summed E-state index contributed by atoms with van der Waals surface area (Å²) in [6.45, 7) is 2.38. The monoisotopic (exact) mass is 457 g/mol. The van der Waals surface area contributed by atoms with Crippen LogP contribution in [0.25, 0.3) is 11.4 Å². The number of carbonyl (C=O) groups is 2. The van der Waals surface area contributed by atoms with Crippen molar-refractivity contribution in [1.29, 1.82) is 0 Å². The number of pyridine rings is 1. The van der Waals surface area contributed by atoms with Gasteiger partial charge in [-0.3, -0.25) is 19.1 Å². The summed E-state index contributed by atoms with van der Waals surface area (Å²) in [6, 6.07) is 20.8. The van der Waals surface area contributed by atoms with E-state index in [-0.39, 0.29) is 17.4 Å². The Balaban J connectivity index is 1.51. The summed E-state index contributed by atoms with van der Waals surface area (Å²) in [5.41, 5.74) is 3.23. The van der Waals surface area contributed by atoms with Crippen LogP contribution < -0.4 is 5.32 Å². The van der Waals surface area contributed by atoms with Crippen LogP contribution in [-0.2, 0) is 11.3 Å². The van der Waals surface area contributed by atoms with Gasteiger partial charge in [0.1, 0.15) is 0 Å². The van der Waals surface area contributed by atoms with Gasteiger partial charge < -0.3 is 5.32 Å². The lowest BCUT2D eigenvalue weighted by Gasteiger charge is -2.10. The summed E-state index contributed by atoms with van der Waals surface area (Å²) in [7, 11) is 0. The van der Waals surface area contributed by atoms with Crippen molar-refractivity contribution in [2.24, 2.45) is 0 Å². The highest BCUT2D eigenvalue weighted by Gasteiger charge is 2.17. The number of aromatic nitrogens is 4. The lowest BCUT2D eigenvalue weighted by atomic mass is 10.1.